The number of hydrogen-bond donors (Lipinski definition) is 1. The van der Waals surface area contributed by atoms with Gasteiger partial charge in [-0.2, -0.15) is 0 Å². The van der Waals surface area contributed by atoms with Gasteiger partial charge in [-0.3, -0.25) is 4.79 Å². The third kappa shape index (κ3) is 2.43. The van der Waals surface area contributed by atoms with Crippen LogP contribution in [0.4, 0.5) is 0 Å². The molecule has 0 unspecified atom stereocenters. The summed E-state index contributed by atoms with van der Waals surface area (Å²) in [6, 6.07) is 3.70. The highest BCUT2D eigenvalue weighted by Crippen LogP contribution is 2.38. The third-order valence-electron chi connectivity index (χ3n) is 3.51. The molecule has 1 saturated carbocycles. The van der Waals surface area contributed by atoms with Gasteiger partial charge in [0.1, 0.15) is 6.10 Å². The van der Waals surface area contributed by atoms with Crippen molar-refractivity contribution in [2.24, 2.45) is 0 Å². The van der Waals surface area contributed by atoms with Crippen LogP contribution in [0.5, 0.6) is 0 Å². The normalized spacial score (nSPS) is 25.7. The van der Waals surface area contributed by atoms with Gasteiger partial charge in [-0.1, -0.05) is 6.07 Å². The van der Waals surface area contributed by atoms with E-state index in [0.717, 1.165) is 17.7 Å². The van der Waals surface area contributed by atoms with Crippen LogP contribution in [-0.4, -0.2) is 30.9 Å². The van der Waals surface area contributed by atoms with Crippen molar-refractivity contribution in [2.45, 2.75) is 37.6 Å². The van der Waals surface area contributed by atoms with Crippen molar-refractivity contribution in [1.29, 1.82) is 0 Å². The van der Waals surface area contributed by atoms with Gasteiger partial charge in [0.05, 0.1) is 11.5 Å². The van der Waals surface area contributed by atoms with Gasteiger partial charge < -0.3 is 14.8 Å². The van der Waals surface area contributed by atoms with Gasteiger partial charge in [-0.15, -0.1) is 11.3 Å². The Bertz CT molecular complexity index is 412. The van der Waals surface area contributed by atoms with Crippen LogP contribution in [0, 0.1) is 0 Å². The lowest BCUT2D eigenvalue weighted by molar-refractivity contribution is -0.161. The number of nitrogens with one attached hydrogen (secondary N) is 1. The van der Waals surface area contributed by atoms with Gasteiger partial charge >= 0.3 is 0 Å². The first-order valence-corrected chi connectivity index (χ1v) is 7.29. The van der Waals surface area contributed by atoms with Crippen molar-refractivity contribution in [2.75, 3.05) is 13.2 Å². The molecule has 3 rings (SSSR count). The number of carbonyl (C=O) groups is 1. The van der Waals surface area contributed by atoms with Crippen molar-refractivity contribution in [3.05, 3.63) is 22.4 Å². The van der Waals surface area contributed by atoms with Crippen LogP contribution < -0.4 is 5.32 Å². The van der Waals surface area contributed by atoms with E-state index in [1.165, 1.54) is 24.2 Å². The maximum atomic E-state index is 11.8. The maximum absolute atomic E-state index is 11.8. The molecular weight excluding hydrogens is 250 g/mol. The highest BCUT2D eigenvalue weighted by molar-refractivity contribution is 7.12. The summed E-state index contributed by atoms with van der Waals surface area (Å²) >= 11 is 1.45. The fraction of sp³-hybridized carbons (Fsp3) is 0.615. The van der Waals surface area contributed by atoms with Crippen LogP contribution in [0.3, 0.4) is 0 Å². The molecule has 2 aliphatic rings. The van der Waals surface area contributed by atoms with Gasteiger partial charge in [0, 0.05) is 19.4 Å². The van der Waals surface area contributed by atoms with Crippen molar-refractivity contribution < 1.29 is 14.3 Å². The molecule has 0 bridgehead atoms. The molecule has 0 aromatic carbocycles. The summed E-state index contributed by atoms with van der Waals surface area (Å²) < 4.78 is 11.7. The van der Waals surface area contributed by atoms with Crippen molar-refractivity contribution in [3.63, 3.8) is 0 Å². The van der Waals surface area contributed by atoms with Crippen LogP contribution in [0.25, 0.3) is 0 Å². The Morgan fingerprint density at radius 1 is 1.50 bits per heavy atom. The molecule has 1 spiro atoms. The largest absolute Gasteiger partial charge is 0.349 e. The predicted octanol–water partition coefficient (Wildman–Crippen LogP) is 2.16. The molecule has 1 aromatic rings. The Balaban J connectivity index is 1.48. The molecule has 1 aromatic heterocycles. The molecule has 1 saturated heterocycles. The molecule has 5 heteroatoms. The summed E-state index contributed by atoms with van der Waals surface area (Å²) in [6.07, 6.45) is 4.32. The van der Waals surface area contributed by atoms with E-state index in [2.05, 4.69) is 5.32 Å². The molecule has 4 nitrogen and oxygen atoms in total. The zero-order chi connectivity index (χ0) is 12.4. The fourth-order valence-corrected chi connectivity index (χ4v) is 3.23. The Morgan fingerprint density at radius 3 is 3.06 bits per heavy atom. The topological polar surface area (TPSA) is 47.6 Å². The second-order valence-corrected chi connectivity index (χ2v) is 5.80. The molecule has 1 amide bonds. The van der Waals surface area contributed by atoms with Crippen molar-refractivity contribution >= 4 is 17.2 Å². The minimum absolute atomic E-state index is 0.00740. The van der Waals surface area contributed by atoms with Gasteiger partial charge in [0.15, 0.2) is 5.79 Å². The molecule has 2 heterocycles. The standard InChI is InChI=1S/C13H17NO3S/c15-12(11-4-3-7-18-11)14-8-10-9-16-13(17-10)5-1-2-6-13/h3-4,7,10H,1-2,5-6,8-9H2,(H,14,15)/t10-/m1/s1. The first kappa shape index (κ1) is 12.1. The monoisotopic (exact) mass is 267 g/mol. The Morgan fingerprint density at radius 2 is 2.33 bits per heavy atom. The minimum Gasteiger partial charge on any atom is -0.349 e. The van der Waals surface area contributed by atoms with Crippen molar-refractivity contribution in [1.82, 2.24) is 5.32 Å². The lowest BCUT2D eigenvalue weighted by atomic mass is 10.2. The second-order valence-electron chi connectivity index (χ2n) is 4.86. The fourth-order valence-electron chi connectivity index (χ4n) is 2.59. The van der Waals surface area contributed by atoms with Gasteiger partial charge in [0.2, 0.25) is 0 Å². The first-order valence-electron chi connectivity index (χ1n) is 6.41. The summed E-state index contributed by atoms with van der Waals surface area (Å²) in [5.41, 5.74) is 0. The summed E-state index contributed by atoms with van der Waals surface area (Å²) in [5, 5.41) is 4.80. The van der Waals surface area contributed by atoms with Crippen LogP contribution in [0.2, 0.25) is 0 Å². The maximum Gasteiger partial charge on any atom is 0.261 e. The first-order chi connectivity index (χ1) is 8.77. The van der Waals surface area contributed by atoms with Gasteiger partial charge in [-0.05, 0) is 24.3 Å². The Hall–Kier alpha value is -0.910. The number of rotatable bonds is 3. The van der Waals surface area contributed by atoms with Crippen LogP contribution >= 0.6 is 11.3 Å². The predicted molar refractivity (Wildman–Crippen MR) is 68.7 cm³/mol. The number of hydrogen-bond acceptors (Lipinski definition) is 4. The molecule has 18 heavy (non-hydrogen) atoms. The van der Waals surface area contributed by atoms with E-state index in [4.69, 9.17) is 9.47 Å². The number of amides is 1. The minimum atomic E-state index is -0.335. The molecule has 0 radical (unpaired) electrons. The lowest BCUT2D eigenvalue weighted by Gasteiger charge is -2.21. The van der Waals surface area contributed by atoms with E-state index in [1.807, 2.05) is 17.5 Å². The van der Waals surface area contributed by atoms with E-state index < -0.39 is 0 Å². The van der Waals surface area contributed by atoms with Crippen LogP contribution in [0.15, 0.2) is 17.5 Å². The molecule has 98 valence electrons. The van der Waals surface area contributed by atoms with Gasteiger partial charge in [0.25, 0.3) is 5.91 Å². The second kappa shape index (κ2) is 4.99. The van der Waals surface area contributed by atoms with E-state index in [9.17, 15) is 4.79 Å². The number of thiophene rings is 1. The molecule has 1 aliphatic heterocycles. The average molecular weight is 267 g/mol. The summed E-state index contributed by atoms with van der Waals surface area (Å²) in [7, 11) is 0. The Labute approximate surface area is 110 Å². The van der Waals surface area contributed by atoms with E-state index >= 15 is 0 Å². The average Bonchev–Trinajstić information content (AvgIpc) is 3.09. The van der Waals surface area contributed by atoms with Crippen molar-refractivity contribution in [3.8, 4) is 0 Å². The highest BCUT2D eigenvalue weighted by atomic mass is 32.1. The van der Waals surface area contributed by atoms with Gasteiger partial charge in [-0.25, -0.2) is 0 Å². The number of carbonyl (C=O) groups excluding carboxylic acids is 1. The van der Waals surface area contributed by atoms with Crippen LogP contribution in [-0.2, 0) is 9.47 Å². The third-order valence-corrected chi connectivity index (χ3v) is 4.38. The molecule has 1 aliphatic carbocycles. The molecule has 1 N–H and O–H groups in total. The van der Waals surface area contributed by atoms with E-state index in [-0.39, 0.29) is 17.8 Å². The molecule has 2 fully saturated rings. The van der Waals surface area contributed by atoms with E-state index in [1.54, 1.807) is 0 Å². The molecule has 1 atom stereocenters. The zero-order valence-corrected chi connectivity index (χ0v) is 11.0. The number of ether oxygens (including phenoxy) is 2. The quantitative estimate of drug-likeness (QED) is 0.913. The smallest absolute Gasteiger partial charge is 0.261 e. The molecular formula is C13H17NO3S. The highest BCUT2D eigenvalue weighted by Gasteiger charge is 2.43. The summed E-state index contributed by atoms with van der Waals surface area (Å²) in [6.45, 7) is 1.11. The van der Waals surface area contributed by atoms with Crippen LogP contribution in [0.1, 0.15) is 35.4 Å². The lowest BCUT2D eigenvalue weighted by Crippen LogP contribution is -2.34. The summed E-state index contributed by atoms with van der Waals surface area (Å²) in [4.78, 5) is 12.5. The Kier molecular flexibility index (Phi) is 3.37. The van der Waals surface area contributed by atoms with E-state index in [0.29, 0.717) is 13.2 Å². The zero-order valence-electron chi connectivity index (χ0n) is 10.2. The summed E-state index contributed by atoms with van der Waals surface area (Å²) in [5.74, 6) is -0.362. The SMILES string of the molecule is O=C(NC[C@@H]1COC2(CCCC2)O1)c1cccs1.